The number of hydrogen-bond acceptors (Lipinski definition) is 1. The lowest BCUT2D eigenvalue weighted by Crippen LogP contribution is -2.29. The summed E-state index contributed by atoms with van der Waals surface area (Å²) in [6.45, 7) is 5.85. The van der Waals surface area contributed by atoms with Gasteiger partial charge in [-0.1, -0.05) is 19.4 Å². The van der Waals surface area contributed by atoms with E-state index in [2.05, 4.69) is 0 Å². The monoisotopic (exact) mass is 172 g/mol. The predicted molar refractivity (Wildman–Crippen MR) is 46.8 cm³/mol. The second-order valence-corrected chi connectivity index (χ2v) is 4.02. The molecule has 0 bridgehead atoms. The van der Waals surface area contributed by atoms with Crippen molar-refractivity contribution in [3.05, 3.63) is 11.6 Å². The number of alkyl halides is 1. The molecule has 0 spiro atoms. The standard InChI is InChI=1S/C9H13ClO/c1-4-7-5-8(11)9(3,10)6(7)2/h5-6H,4H2,1-3H3. The van der Waals surface area contributed by atoms with Crippen LogP contribution in [0.4, 0.5) is 0 Å². The molecule has 0 radical (unpaired) electrons. The molecular formula is C9H13ClO. The van der Waals surface area contributed by atoms with Gasteiger partial charge >= 0.3 is 0 Å². The van der Waals surface area contributed by atoms with Crippen molar-refractivity contribution < 1.29 is 4.79 Å². The van der Waals surface area contributed by atoms with Crippen molar-refractivity contribution in [2.45, 2.75) is 32.1 Å². The topological polar surface area (TPSA) is 17.1 Å². The van der Waals surface area contributed by atoms with Crippen LogP contribution in [0, 0.1) is 5.92 Å². The van der Waals surface area contributed by atoms with Gasteiger partial charge in [0.15, 0.2) is 5.78 Å². The Morgan fingerprint density at radius 3 is 2.45 bits per heavy atom. The Labute approximate surface area is 72.4 Å². The SMILES string of the molecule is CCC1=CC(=O)C(C)(Cl)C1C. The van der Waals surface area contributed by atoms with Crippen molar-refractivity contribution in [3.8, 4) is 0 Å². The Bertz CT molecular complexity index is 216. The van der Waals surface area contributed by atoms with Crippen LogP contribution in [0.3, 0.4) is 0 Å². The molecule has 1 aliphatic carbocycles. The van der Waals surface area contributed by atoms with Gasteiger partial charge in [-0.15, -0.1) is 11.6 Å². The minimum absolute atomic E-state index is 0.0588. The summed E-state index contributed by atoms with van der Waals surface area (Å²) in [7, 11) is 0. The van der Waals surface area contributed by atoms with E-state index in [-0.39, 0.29) is 11.7 Å². The van der Waals surface area contributed by atoms with E-state index in [0.717, 1.165) is 6.42 Å². The molecule has 0 heterocycles. The molecule has 2 atom stereocenters. The highest BCUT2D eigenvalue weighted by Gasteiger charge is 2.41. The van der Waals surface area contributed by atoms with Crippen LogP contribution in [0.2, 0.25) is 0 Å². The van der Waals surface area contributed by atoms with Gasteiger partial charge in [-0.05, 0) is 19.4 Å². The zero-order chi connectivity index (χ0) is 8.65. The average molecular weight is 173 g/mol. The molecule has 1 aliphatic rings. The van der Waals surface area contributed by atoms with E-state index < -0.39 is 4.87 Å². The first-order valence-corrected chi connectivity index (χ1v) is 4.31. The summed E-state index contributed by atoms with van der Waals surface area (Å²) in [6, 6.07) is 0. The second kappa shape index (κ2) is 2.63. The maximum Gasteiger partial charge on any atom is 0.176 e. The Hall–Kier alpha value is -0.300. The summed E-state index contributed by atoms with van der Waals surface area (Å²) >= 11 is 6.04. The molecule has 0 saturated heterocycles. The Morgan fingerprint density at radius 2 is 2.27 bits per heavy atom. The van der Waals surface area contributed by atoms with Crippen molar-refractivity contribution in [1.82, 2.24) is 0 Å². The second-order valence-electron chi connectivity index (χ2n) is 3.23. The Kier molecular flexibility index (Phi) is 2.10. The van der Waals surface area contributed by atoms with E-state index >= 15 is 0 Å². The zero-order valence-corrected chi connectivity index (χ0v) is 7.90. The van der Waals surface area contributed by atoms with Gasteiger partial charge in [-0.2, -0.15) is 0 Å². The summed E-state index contributed by atoms with van der Waals surface area (Å²) in [5, 5.41) is 0. The van der Waals surface area contributed by atoms with Gasteiger partial charge in [-0.3, -0.25) is 4.79 Å². The molecule has 0 fully saturated rings. The van der Waals surface area contributed by atoms with Crippen LogP contribution in [-0.2, 0) is 4.79 Å². The molecule has 1 rings (SSSR count). The van der Waals surface area contributed by atoms with Gasteiger partial charge in [0, 0.05) is 5.92 Å². The van der Waals surface area contributed by atoms with Gasteiger partial charge in [-0.25, -0.2) is 0 Å². The van der Waals surface area contributed by atoms with Crippen molar-refractivity contribution in [2.75, 3.05) is 0 Å². The number of rotatable bonds is 1. The van der Waals surface area contributed by atoms with Crippen LogP contribution in [0.25, 0.3) is 0 Å². The minimum atomic E-state index is -0.675. The van der Waals surface area contributed by atoms with Crippen molar-refractivity contribution >= 4 is 17.4 Å². The first-order chi connectivity index (χ1) is 5.00. The fourth-order valence-corrected chi connectivity index (χ4v) is 1.60. The molecule has 62 valence electrons. The molecule has 2 heteroatoms. The molecule has 0 aromatic rings. The van der Waals surface area contributed by atoms with Crippen LogP contribution in [0.1, 0.15) is 27.2 Å². The van der Waals surface area contributed by atoms with Crippen LogP contribution >= 0.6 is 11.6 Å². The minimum Gasteiger partial charge on any atom is -0.293 e. The van der Waals surface area contributed by atoms with E-state index in [9.17, 15) is 4.79 Å². The molecule has 0 aromatic heterocycles. The number of carbonyl (C=O) groups is 1. The number of hydrogen-bond donors (Lipinski definition) is 0. The summed E-state index contributed by atoms with van der Waals surface area (Å²) in [6.07, 6.45) is 2.62. The molecule has 0 saturated carbocycles. The van der Waals surface area contributed by atoms with E-state index in [1.54, 1.807) is 13.0 Å². The summed E-state index contributed by atoms with van der Waals surface area (Å²) in [4.78, 5) is 10.6. The zero-order valence-electron chi connectivity index (χ0n) is 7.15. The molecular weight excluding hydrogens is 160 g/mol. The maximum absolute atomic E-state index is 11.3. The van der Waals surface area contributed by atoms with Crippen LogP contribution in [0.5, 0.6) is 0 Å². The first-order valence-electron chi connectivity index (χ1n) is 3.94. The van der Waals surface area contributed by atoms with Gasteiger partial charge in [0.1, 0.15) is 4.87 Å². The fourth-order valence-electron chi connectivity index (χ4n) is 1.40. The summed E-state index contributed by atoms with van der Waals surface area (Å²) in [5.41, 5.74) is 1.17. The van der Waals surface area contributed by atoms with Crippen molar-refractivity contribution in [2.24, 2.45) is 5.92 Å². The van der Waals surface area contributed by atoms with Crippen LogP contribution in [0.15, 0.2) is 11.6 Å². The normalized spacial score (nSPS) is 37.6. The highest BCUT2D eigenvalue weighted by Crippen LogP contribution is 2.38. The van der Waals surface area contributed by atoms with Crippen molar-refractivity contribution in [1.29, 1.82) is 0 Å². The molecule has 0 aromatic carbocycles. The molecule has 1 nitrogen and oxygen atoms in total. The van der Waals surface area contributed by atoms with Gasteiger partial charge < -0.3 is 0 Å². The quantitative estimate of drug-likeness (QED) is 0.556. The van der Waals surface area contributed by atoms with Gasteiger partial charge in [0.05, 0.1) is 0 Å². The van der Waals surface area contributed by atoms with Gasteiger partial charge in [0.25, 0.3) is 0 Å². The van der Waals surface area contributed by atoms with Gasteiger partial charge in [0.2, 0.25) is 0 Å². The van der Waals surface area contributed by atoms with E-state index in [1.165, 1.54) is 5.57 Å². The number of ketones is 1. The predicted octanol–water partition coefficient (Wildman–Crippen LogP) is 2.54. The number of allylic oxidation sites excluding steroid dienone is 2. The van der Waals surface area contributed by atoms with Crippen molar-refractivity contribution in [3.63, 3.8) is 0 Å². The number of carbonyl (C=O) groups excluding carboxylic acids is 1. The lowest BCUT2D eigenvalue weighted by atomic mass is 9.92. The van der Waals surface area contributed by atoms with E-state index in [0.29, 0.717) is 0 Å². The van der Waals surface area contributed by atoms with Crippen LogP contribution < -0.4 is 0 Å². The summed E-state index contributed by atoms with van der Waals surface area (Å²) < 4.78 is 0. The molecule has 2 unspecified atom stereocenters. The highest BCUT2D eigenvalue weighted by molar-refractivity contribution is 6.38. The molecule has 0 N–H and O–H groups in total. The largest absolute Gasteiger partial charge is 0.293 e. The smallest absolute Gasteiger partial charge is 0.176 e. The molecule has 0 amide bonds. The number of halogens is 1. The third kappa shape index (κ3) is 1.22. The Balaban J connectivity index is 2.93. The lowest BCUT2D eigenvalue weighted by Gasteiger charge is -2.21. The van der Waals surface area contributed by atoms with E-state index in [1.807, 2.05) is 13.8 Å². The van der Waals surface area contributed by atoms with E-state index in [4.69, 9.17) is 11.6 Å². The average Bonchev–Trinajstić information content (AvgIpc) is 2.14. The lowest BCUT2D eigenvalue weighted by molar-refractivity contribution is -0.116. The highest BCUT2D eigenvalue weighted by atomic mass is 35.5. The Morgan fingerprint density at radius 1 is 1.73 bits per heavy atom. The molecule has 0 aliphatic heterocycles. The summed E-state index contributed by atoms with van der Waals surface area (Å²) in [5.74, 6) is 0.255. The third-order valence-corrected chi connectivity index (χ3v) is 3.09. The van der Waals surface area contributed by atoms with Crippen LogP contribution in [-0.4, -0.2) is 10.7 Å². The first kappa shape index (κ1) is 8.79. The molecule has 11 heavy (non-hydrogen) atoms. The fraction of sp³-hybridized carbons (Fsp3) is 0.667. The maximum atomic E-state index is 11.3. The third-order valence-electron chi connectivity index (χ3n) is 2.58.